The molecule has 0 aromatic heterocycles. The maximum absolute atomic E-state index is 12.5. The highest BCUT2D eigenvalue weighted by molar-refractivity contribution is 7.99. The van der Waals surface area contributed by atoms with Crippen LogP contribution in [0.3, 0.4) is 0 Å². The number of amides is 2. The van der Waals surface area contributed by atoms with Gasteiger partial charge in [-0.15, -0.1) is 0 Å². The summed E-state index contributed by atoms with van der Waals surface area (Å²) in [6.45, 7) is 4.51. The Labute approximate surface area is 154 Å². The molecule has 132 valence electrons. The van der Waals surface area contributed by atoms with E-state index in [4.69, 9.17) is 0 Å². The van der Waals surface area contributed by atoms with Gasteiger partial charge < -0.3 is 10.2 Å². The van der Waals surface area contributed by atoms with Gasteiger partial charge in [0.05, 0.1) is 0 Å². The van der Waals surface area contributed by atoms with Crippen LogP contribution in [0.2, 0.25) is 0 Å². The zero-order valence-corrected chi connectivity index (χ0v) is 15.6. The number of hydrogen-bond donors (Lipinski definition) is 1. The Kier molecular flexibility index (Phi) is 6.40. The number of aryl methyl sites for hydroxylation is 1. The molecule has 0 aliphatic carbocycles. The maximum Gasteiger partial charge on any atom is 0.317 e. The van der Waals surface area contributed by atoms with Gasteiger partial charge in [-0.25, -0.2) is 4.79 Å². The van der Waals surface area contributed by atoms with Crippen molar-refractivity contribution in [3.8, 4) is 0 Å². The molecule has 0 radical (unpaired) electrons. The lowest BCUT2D eigenvalue weighted by Gasteiger charge is -2.21. The smallest absolute Gasteiger partial charge is 0.317 e. The van der Waals surface area contributed by atoms with Gasteiger partial charge >= 0.3 is 6.03 Å². The van der Waals surface area contributed by atoms with Gasteiger partial charge in [0, 0.05) is 30.6 Å². The molecule has 0 saturated carbocycles. The summed E-state index contributed by atoms with van der Waals surface area (Å²) in [5, 5.41) is 3.56. The van der Waals surface area contributed by atoms with Gasteiger partial charge in [0.25, 0.3) is 0 Å². The number of urea groups is 1. The van der Waals surface area contributed by atoms with Crippen molar-refractivity contribution in [1.82, 2.24) is 10.2 Å². The third kappa shape index (κ3) is 5.02. The molecule has 1 aliphatic heterocycles. The van der Waals surface area contributed by atoms with Gasteiger partial charge in [0.15, 0.2) is 0 Å². The topological polar surface area (TPSA) is 32.3 Å². The van der Waals surface area contributed by atoms with Crippen molar-refractivity contribution in [2.75, 3.05) is 25.4 Å². The average Bonchev–Trinajstić information content (AvgIpc) is 2.89. The van der Waals surface area contributed by atoms with Crippen LogP contribution in [0.5, 0.6) is 0 Å². The number of nitrogens with zero attached hydrogens (tertiary/aromatic N) is 1. The molecule has 3 nitrogen and oxygen atoms in total. The van der Waals surface area contributed by atoms with Crippen LogP contribution in [0.25, 0.3) is 0 Å². The lowest BCUT2D eigenvalue weighted by atomic mass is 10.0. The van der Waals surface area contributed by atoms with E-state index in [0.29, 0.717) is 11.8 Å². The van der Waals surface area contributed by atoms with Crippen LogP contribution in [0.15, 0.2) is 54.6 Å². The average molecular weight is 355 g/mol. The second-order valence-electron chi connectivity index (χ2n) is 6.46. The molecule has 1 saturated heterocycles. The summed E-state index contributed by atoms with van der Waals surface area (Å²) in [4.78, 5) is 14.4. The number of carbonyl (C=O) groups is 1. The summed E-state index contributed by atoms with van der Waals surface area (Å²) in [5.41, 5.74) is 4.02. The largest absolute Gasteiger partial charge is 0.338 e. The standard InChI is InChI=1S/C21H26N2OS/c1-17-7-5-6-10-19(17)20-12-14-23(15-16-25-20)21(24)22-13-11-18-8-3-2-4-9-18/h2-10,20H,11-16H2,1H3,(H,22,24). The first-order valence-corrected chi connectivity index (χ1v) is 10.0. The molecule has 1 unspecified atom stereocenters. The number of benzene rings is 2. The van der Waals surface area contributed by atoms with Crippen molar-refractivity contribution >= 4 is 17.8 Å². The van der Waals surface area contributed by atoms with E-state index in [-0.39, 0.29) is 6.03 Å². The van der Waals surface area contributed by atoms with Crippen molar-refractivity contribution in [2.24, 2.45) is 0 Å². The molecule has 2 amide bonds. The van der Waals surface area contributed by atoms with Crippen LogP contribution in [0.4, 0.5) is 4.79 Å². The molecular formula is C21H26N2OS. The first-order chi connectivity index (χ1) is 12.2. The summed E-state index contributed by atoms with van der Waals surface area (Å²) in [6, 6.07) is 19.0. The molecule has 1 fully saturated rings. The van der Waals surface area contributed by atoms with Gasteiger partial charge in [-0.05, 0) is 36.5 Å². The number of rotatable bonds is 4. The summed E-state index contributed by atoms with van der Waals surface area (Å²) in [5.74, 6) is 0.991. The van der Waals surface area contributed by atoms with Crippen molar-refractivity contribution in [2.45, 2.75) is 25.0 Å². The lowest BCUT2D eigenvalue weighted by molar-refractivity contribution is 0.201. The SMILES string of the molecule is Cc1ccccc1C1CCN(C(=O)NCCc2ccccc2)CCS1. The third-order valence-electron chi connectivity index (χ3n) is 4.70. The fourth-order valence-electron chi connectivity index (χ4n) is 3.24. The summed E-state index contributed by atoms with van der Waals surface area (Å²) >= 11 is 1.97. The predicted octanol–water partition coefficient (Wildman–Crippen LogP) is 4.43. The van der Waals surface area contributed by atoms with Crippen LogP contribution >= 0.6 is 11.8 Å². The Morgan fingerprint density at radius 2 is 1.88 bits per heavy atom. The van der Waals surface area contributed by atoms with Crippen LogP contribution in [-0.4, -0.2) is 36.3 Å². The molecule has 2 aromatic carbocycles. The van der Waals surface area contributed by atoms with E-state index in [1.54, 1.807) is 0 Å². The molecule has 0 bridgehead atoms. The van der Waals surface area contributed by atoms with E-state index in [0.717, 1.165) is 31.7 Å². The van der Waals surface area contributed by atoms with Crippen molar-refractivity contribution in [1.29, 1.82) is 0 Å². The Morgan fingerprint density at radius 1 is 1.12 bits per heavy atom. The second-order valence-corrected chi connectivity index (χ2v) is 7.77. The summed E-state index contributed by atoms with van der Waals surface area (Å²) < 4.78 is 0. The summed E-state index contributed by atoms with van der Waals surface area (Å²) in [7, 11) is 0. The minimum atomic E-state index is 0.0713. The Morgan fingerprint density at radius 3 is 2.68 bits per heavy atom. The first-order valence-electron chi connectivity index (χ1n) is 8.98. The fraction of sp³-hybridized carbons (Fsp3) is 0.381. The monoisotopic (exact) mass is 354 g/mol. The van der Waals surface area contributed by atoms with Gasteiger partial charge in [-0.2, -0.15) is 11.8 Å². The normalized spacial score (nSPS) is 17.8. The molecule has 1 aliphatic rings. The highest BCUT2D eigenvalue weighted by Gasteiger charge is 2.22. The molecule has 2 aromatic rings. The van der Waals surface area contributed by atoms with Gasteiger partial charge in [0.1, 0.15) is 0 Å². The van der Waals surface area contributed by atoms with Crippen LogP contribution in [-0.2, 0) is 6.42 Å². The number of carbonyl (C=O) groups excluding carboxylic acids is 1. The fourth-order valence-corrected chi connectivity index (χ4v) is 4.57. The van der Waals surface area contributed by atoms with E-state index >= 15 is 0 Å². The molecule has 1 atom stereocenters. The zero-order valence-electron chi connectivity index (χ0n) is 14.8. The molecule has 1 heterocycles. The van der Waals surface area contributed by atoms with Crippen molar-refractivity contribution in [3.63, 3.8) is 0 Å². The maximum atomic E-state index is 12.5. The minimum absolute atomic E-state index is 0.0713. The molecule has 1 N–H and O–H groups in total. The Balaban J connectivity index is 1.49. The van der Waals surface area contributed by atoms with Gasteiger partial charge in [-0.1, -0.05) is 54.6 Å². The molecule has 4 heteroatoms. The third-order valence-corrected chi connectivity index (χ3v) is 6.01. The first kappa shape index (κ1) is 17.9. The lowest BCUT2D eigenvalue weighted by Crippen LogP contribution is -2.41. The minimum Gasteiger partial charge on any atom is -0.338 e. The number of thioether (sulfide) groups is 1. The zero-order chi connectivity index (χ0) is 17.5. The van der Waals surface area contributed by atoms with Crippen molar-refractivity contribution < 1.29 is 4.79 Å². The number of hydrogen-bond acceptors (Lipinski definition) is 2. The van der Waals surface area contributed by atoms with Gasteiger partial charge in [0.2, 0.25) is 0 Å². The van der Waals surface area contributed by atoms with E-state index in [2.05, 4.69) is 48.6 Å². The van der Waals surface area contributed by atoms with Gasteiger partial charge in [-0.3, -0.25) is 0 Å². The number of nitrogens with one attached hydrogen (secondary N) is 1. The predicted molar refractivity (Wildman–Crippen MR) is 106 cm³/mol. The highest BCUT2D eigenvalue weighted by Crippen LogP contribution is 2.35. The molecule has 25 heavy (non-hydrogen) atoms. The van der Waals surface area contributed by atoms with Crippen molar-refractivity contribution in [3.05, 3.63) is 71.3 Å². The van der Waals surface area contributed by atoms with Crippen LogP contribution < -0.4 is 5.32 Å². The van der Waals surface area contributed by atoms with E-state index in [9.17, 15) is 4.79 Å². The second kappa shape index (κ2) is 8.95. The highest BCUT2D eigenvalue weighted by atomic mass is 32.2. The van der Waals surface area contributed by atoms with E-state index in [1.165, 1.54) is 16.7 Å². The molecule has 0 spiro atoms. The van der Waals surface area contributed by atoms with E-state index < -0.39 is 0 Å². The molecule has 3 rings (SSSR count). The Hall–Kier alpha value is -1.94. The Bertz CT molecular complexity index is 689. The quantitative estimate of drug-likeness (QED) is 0.881. The van der Waals surface area contributed by atoms with Crippen LogP contribution in [0, 0.1) is 6.92 Å². The van der Waals surface area contributed by atoms with Crippen LogP contribution in [0.1, 0.15) is 28.4 Å². The molecular weight excluding hydrogens is 328 g/mol. The summed E-state index contributed by atoms with van der Waals surface area (Å²) in [6.07, 6.45) is 1.89. The van der Waals surface area contributed by atoms with E-state index in [1.807, 2.05) is 34.9 Å².